The molecule has 1 fully saturated rings. The first kappa shape index (κ1) is 16.3. The Morgan fingerprint density at radius 3 is 2.48 bits per heavy atom. The van der Waals surface area contributed by atoms with Crippen LogP contribution in [-0.4, -0.2) is 24.1 Å². The number of pyridine rings is 1. The van der Waals surface area contributed by atoms with Crippen molar-refractivity contribution in [2.24, 2.45) is 5.92 Å². The minimum absolute atomic E-state index is 0.515. The molecule has 1 aromatic rings. The zero-order valence-corrected chi connectivity index (χ0v) is 14.1. The lowest BCUT2D eigenvalue weighted by Crippen LogP contribution is -2.35. The first-order valence-corrected chi connectivity index (χ1v) is 8.51. The lowest BCUT2D eigenvalue weighted by molar-refractivity contribution is 0.313. The van der Waals surface area contributed by atoms with Crippen LogP contribution in [0, 0.1) is 5.92 Å². The van der Waals surface area contributed by atoms with Crippen LogP contribution in [0.5, 0.6) is 0 Å². The van der Waals surface area contributed by atoms with E-state index in [0.29, 0.717) is 12.1 Å². The lowest BCUT2D eigenvalue weighted by atomic mass is 9.84. The van der Waals surface area contributed by atoms with E-state index < -0.39 is 0 Å². The summed E-state index contributed by atoms with van der Waals surface area (Å²) >= 11 is 0. The first-order valence-electron chi connectivity index (χ1n) is 8.51. The molecule has 3 nitrogen and oxygen atoms in total. The van der Waals surface area contributed by atoms with Gasteiger partial charge in [-0.25, -0.2) is 4.98 Å². The van der Waals surface area contributed by atoms with Crippen LogP contribution >= 0.6 is 0 Å². The second-order valence-electron chi connectivity index (χ2n) is 6.75. The van der Waals surface area contributed by atoms with E-state index in [-0.39, 0.29) is 0 Å². The van der Waals surface area contributed by atoms with Crippen LogP contribution in [0.25, 0.3) is 0 Å². The predicted octanol–water partition coefficient (Wildman–Crippen LogP) is 3.98. The van der Waals surface area contributed by atoms with Gasteiger partial charge < -0.3 is 10.2 Å². The fourth-order valence-electron chi connectivity index (χ4n) is 3.18. The molecular formula is C18H31N3. The van der Waals surface area contributed by atoms with Crippen LogP contribution < -0.4 is 10.2 Å². The quantitative estimate of drug-likeness (QED) is 0.858. The van der Waals surface area contributed by atoms with Gasteiger partial charge in [0.2, 0.25) is 0 Å². The van der Waals surface area contributed by atoms with Gasteiger partial charge in [0.05, 0.1) is 0 Å². The topological polar surface area (TPSA) is 28.2 Å². The van der Waals surface area contributed by atoms with Crippen molar-refractivity contribution in [3.63, 3.8) is 0 Å². The fraction of sp³-hybridized carbons (Fsp3) is 0.722. The summed E-state index contributed by atoms with van der Waals surface area (Å²) in [6, 6.07) is 5.55. The molecule has 0 aromatic carbocycles. The minimum Gasteiger partial charge on any atom is -0.357 e. The summed E-state index contributed by atoms with van der Waals surface area (Å²) in [6.07, 6.45) is 8.73. The van der Waals surface area contributed by atoms with Gasteiger partial charge in [0.25, 0.3) is 0 Å². The third kappa shape index (κ3) is 4.70. The first-order chi connectivity index (χ1) is 10.1. The molecule has 1 N–H and O–H groups in total. The molecule has 1 aliphatic rings. The van der Waals surface area contributed by atoms with E-state index >= 15 is 0 Å². The van der Waals surface area contributed by atoms with Gasteiger partial charge in [0.1, 0.15) is 5.82 Å². The molecule has 1 aromatic heterocycles. The summed E-state index contributed by atoms with van der Waals surface area (Å²) in [4.78, 5) is 7.04. The summed E-state index contributed by atoms with van der Waals surface area (Å²) in [7, 11) is 2.20. The molecule has 0 atom stereocenters. The van der Waals surface area contributed by atoms with Gasteiger partial charge in [-0.05, 0) is 43.2 Å². The number of nitrogens with zero attached hydrogens (tertiary/aromatic N) is 2. The molecule has 1 heterocycles. The second kappa shape index (κ2) is 7.79. The second-order valence-corrected chi connectivity index (χ2v) is 6.75. The van der Waals surface area contributed by atoms with Crippen molar-refractivity contribution in [2.75, 3.05) is 11.9 Å². The van der Waals surface area contributed by atoms with Gasteiger partial charge in [0.15, 0.2) is 0 Å². The predicted molar refractivity (Wildman–Crippen MR) is 90.7 cm³/mol. The number of nitrogens with one attached hydrogen (secondary N) is 1. The van der Waals surface area contributed by atoms with Crippen LogP contribution in [0.4, 0.5) is 5.82 Å². The van der Waals surface area contributed by atoms with Crippen LogP contribution in [0.15, 0.2) is 18.3 Å². The molecule has 0 radical (unpaired) electrons. The van der Waals surface area contributed by atoms with Gasteiger partial charge in [-0.1, -0.05) is 33.3 Å². The van der Waals surface area contributed by atoms with Gasteiger partial charge >= 0.3 is 0 Å². The van der Waals surface area contributed by atoms with E-state index in [1.807, 2.05) is 6.20 Å². The highest BCUT2D eigenvalue weighted by Gasteiger charge is 2.23. The van der Waals surface area contributed by atoms with E-state index in [2.05, 4.69) is 55.2 Å². The normalized spacial score (nSPS) is 22.5. The van der Waals surface area contributed by atoms with E-state index in [4.69, 9.17) is 0 Å². The third-order valence-corrected chi connectivity index (χ3v) is 4.83. The summed E-state index contributed by atoms with van der Waals surface area (Å²) < 4.78 is 0. The van der Waals surface area contributed by atoms with Crippen LogP contribution in [0.2, 0.25) is 0 Å². The number of aromatic nitrogens is 1. The van der Waals surface area contributed by atoms with Crippen molar-refractivity contribution in [2.45, 2.75) is 71.5 Å². The number of rotatable bonds is 6. The number of hydrogen-bond acceptors (Lipinski definition) is 3. The molecular weight excluding hydrogens is 258 g/mol. The molecule has 1 aliphatic carbocycles. The Balaban J connectivity index is 1.89. The molecule has 3 heteroatoms. The van der Waals surface area contributed by atoms with E-state index in [0.717, 1.165) is 18.3 Å². The number of anilines is 1. The maximum absolute atomic E-state index is 4.66. The smallest absolute Gasteiger partial charge is 0.128 e. The molecule has 0 bridgehead atoms. The molecule has 0 aliphatic heterocycles. The maximum atomic E-state index is 4.66. The SMILES string of the molecule is CCC1CCC(N(C)c2ccc(CNC(C)C)cn2)CC1. The Bertz CT molecular complexity index is 405. The van der Waals surface area contributed by atoms with Crippen molar-refractivity contribution < 1.29 is 0 Å². The van der Waals surface area contributed by atoms with Crippen molar-refractivity contribution in [3.05, 3.63) is 23.9 Å². The zero-order valence-electron chi connectivity index (χ0n) is 14.1. The molecule has 0 amide bonds. The highest BCUT2D eigenvalue weighted by molar-refractivity contribution is 5.39. The lowest BCUT2D eigenvalue weighted by Gasteiger charge is -2.35. The molecule has 0 saturated heterocycles. The standard InChI is InChI=1S/C18H31N3/c1-5-15-6-9-17(10-7-15)21(4)18-11-8-16(13-20-18)12-19-14(2)3/h8,11,13-15,17,19H,5-7,9-10,12H2,1-4H3. The van der Waals surface area contributed by atoms with Crippen molar-refractivity contribution in [1.29, 1.82) is 0 Å². The number of hydrogen-bond donors (Lipinski definition) is 1. The van der Waals surface area contributed by atoms with Crippen molar-refractivity contribution in [1.82, 2.24) is 10.3 Å². The Morgan fingerprint density at radius 1 is 1.24 bits per heavy atom. The Hall–Kier alpha value is -1.09. The van der Waals surface area contributed by atoms with Crippen molar-refractivity contribution in [3.8, 4) is 0 Å². The molecule has 2 rings (SSSR count). The molecule has 0 spiro atoms. The minimum atomic E-state index is 0.515. The van der Waals surface area contributed by atoms with Gasteiger partial charge in [-0.15, -0.1) is 0 Å². The summed E-state index contributed by atoms with van der Waals surface area (Å²) in [5.41, 5.74) is 1.26. The van der Waals surface area contributed by atoms with Gasteiger partial charge in [-0.2, -0.15) is 0 Å². The zero-order chi connectivity index (χ0) is 15.2. The highest BCUT2D eigenvalue weighted by atomic mass is 15.2. The summed E-state index contributed by atoms with van der Waals surface area (Å²) in [6.45, 7) is 7.56. The third-order valence-electron chi connectivity index (χ3n) is 4.83. The average Bonchev–Trinajstić information content (AvgIpc) is 2.53. The summed E-state index contributed by atoms with van der Waals surface area (Å²) in [5.74, 6) is 2.07. The molecule has 1 saturated carbocycles. The van der Waals surface area contributed by atoms with Crippen LogP contribution in [0.3, 0.4) is 0 Å². The Labute approximate surface area is 130 Å². The Kier molecular flexibility index (Phi) is 6.04. The average molecular weight is 289 g/mol. The monoisotopic (exact) mass is 289 g/mol. The van der Waals surface area contributed by atoms with Crippen molar-refractivity contribution >= 4 is 5.82 Å². The molecule has 0 unspecified atom stereocenters. The van der Waals surface area contributed by atoms with E-state index in [9.17, 15) is 0 Å². The van der Waals surface area contributed by atoms with E-state index in [1.54, 1.807) is 0 Å². The fourth-order valence-corrected chi connectivity index (χ4v) is 3.18. The van der Waals surface area contributed by atoms with E-state index in [1.165, 1.54) is 37.7 Å². The van der Waals surface area contributed by atoms with Crippen LogP contribution in [0.1, 0.15) is 58.4 Å². The maximum Gasteiger partial charge on any atom is 0.128 e. The van der Waals surface area contributed by atoms with Gasteiger partial charge in [-0.3, -0.25) is 0 Å². The largest absolute Gasteiger partial charge is 0.357 e. The molecule has 21 heavy (non-hydrogen) atoms. The summed E-state index contributed by atoms with van der Waals surface area (Å²) in [5, 5.41) is 3.43. The Morgan fingerprint density at radius 2 is 1.95 bits per heavy atom. The molecule has 118 valence electrons. The van der Waals surface area contributed by atoms with Gasteiger partial charge in [0, 0.05) is 31.9 Å². The highest BCUT2D eigenvalue weighted by Crippen LogP contribution is 2.30. The van der Waals surface area contributed by atoms with Crippen LogP contribution in [-0.2, 0) is 6.54 Å².